The zero-order valence-electron chi connectivity index (χ0n) is 9.13. The third kappa shape index (κ3) is 4.37. The highest BCUT2D eigenvalue weighted by molar-refractivity contribution is 5.67. The molecule has 2 atom stereocenters. The molecule has 1 aromatic heterocycles. The number of nitrogens with one attached hydrogen (secondary N) is 1. The Morgan fingerprint density at radius 2 is 2.12 bits per heavy atom. The van der Waals surface area contributed by atoms with Crippen LogP contribution in [0.4, 0.5) is 0 Å². The van der Waals surface area contributed by atoms with Gasteiger partial charge in [0.15, 0.2) is 0 Å². The van der Waals surface area contributed by atoms with E-state index in [2.05, 4.69) is 10.3 Å². The molecule has 0 aliphatic carbocycles. The van der Waals surface area contributed by atoms with E-state index >= 15 is 0 Å². The van der Waals surface area contributed by atoms with Gasteiger partial charge >= 0.3 is 5.97 Å². The first-order chi connectivity index (χ1) is 7.59. The number of aliphatic hydroxyl groups is 1. The highest BCUT2D eigenvalue weighted by Gasteiger charge is 2.11. The minimum atomic E-state index is -0.995. The Kier molecular flexibility index (Phi) is 4.88. The lowest BCUT2D eigenvalue weighted by atomic mass is 10.1. The Bertz CT molecular complexity index is 329. The first kappa shape index (κ1) is 12.6. The number of aliphatic hydroxyl groups excluding tert-OH is 1. The molecule has 3 N–H and O–H groups in total. The van der Waals surface area contributed by atoms with E-state index in [4.69, 9.17) is 5.11 Å². The van der Waals surface area contributed by atoms with Gasteiger partial charge in [-0.05, 0) is 24.6 Å². The minimum Gasteiger partial charge on any atom is -0.481 e. The van der Waals surface area contributed by atoms with Gasteiger partial charge in [-0.1, -0.05) is 0 Å². The SMILES string of the molecule is CC(NCC(O)CC(=O)O)c1ccncc1. The van der Waals surface area contributed by atoms with Gasteiger partial charge in [-0.3, -0.25) is 9.78 Å². The van der Waals surface area contributed by atoms with E-state index in [1.807, 2.05) is 19.1 Å². The second-order valence-corrected chi connectivity index (χ2v) is 3.66. The molecule has 0 fully saturated rings. The molecule has 0 aliphatic heterocycles. The van der Waals surface area contributed by atoms with Crippen molar-refractivity contribution in [2.75, 3.05) is 6.54 Å². The maximum Gasteiger partial charge on any atom is 0.306 e. The minimum absolute atomic E-state index is 0.0615. The first-order valence-electron chi connectivity index (χ1n) is 5.12. The normalized spacial score (nSPS) is 14.4. The number of carboxylic acids is 1. The Balaban J connectivity index is 2.35. The van der Waals surface area contributed by atoms with E-state index in [1.165, 1.54) is 0 Å². The number of hydrogen-bond acceptors (Lipinski definition) is 4. The van der Waals surface area contributed by atoms with Crippen LogP contribution in [0, 0.1) is 0 Å². The molecule has 16 heavy (non-hydrogen) atoms. The van der Waals surface area contributed by atoms with Gasteiger partial charge in [-0.25, -0.2) is 0 Å². The van der Waals surface area contributed by atoms with E-state index in [-0.39, 0.29) is 19.0 Å². The summed E-state index contributed by atoms with van der Waals surface area (Å²) in [4.78, 5) is 14.2. The molecule has 0 saturated heterocycles. The second-order valence-electron chi connectivity index (χ2n) is 3.66. The molecule has 0 aliphatic rings. The van der Waals surface area contributed by atoms with Crippen molar-refractivity contribution in [3.05, 3.63) is 30.1 Å². The van der Waals surface area contributed by atoms with E-state index in [1.54, 1.807) is 12.4 Å². The third-order valence-electron chi connectivity index (χ3n) is 2.28. The topological polar surface area (TPSA) is 82.5 Å². The van der Waals surface area contributed by atoms with Crippen molar-refractivity contribution in [3.8, 4) is 0 Å². The van der Waals surface area contributed by atoms with E-state index < -0.39 is 12.1 Å². The second kappa shape index (κ2) is 6.19. The van der Waals surface area contributed by atoms with Crippen molar-refractivity contribution < 1.29 is 15.0 Å². The lowest BCUT2D eigenvalue weighted by Gasteiger charge is -2.16. The summed E-state index contributed by atoms with van der Waals surface area (Å²) < 4.78 is 0. The zero-order valence-corrected chi connectivity index (χ0v) is 9.13. The van der Waals surface area contributed by atoms with Gasteiger partial charge in [0, 0.05) is 25.0 Å². The van der Waals surface area contributed by atoms with Gasteiger partial charge in [0.25, 0.3) is 0 Å². The summed E-state index contributed by atoms with van der Waals surface area (Å²) in [5.41, 5.74) is 1.05. The maximum atomic E-state index is 10.3. The molecule has 2 unspecified atom stereocenters. The Labute approximate surface area is 94.1 Å². The van der Waals surface area contributed by atoms with Crippen molar-refractivity contribution in [1.82, 2.24) is 10.3 Å². The summed E-state index contributed by atoms with van der Waals surface area (Å²) in [7, 11) is 0. The lowest BCUT2D eigenvalue weighted by molar-refractivity contribution is -0.139. The number of carbonyl (C=O) groups is 1. The van der Waals surface area contributed by atoms with Gasteiger partial charge < -0.3 is 15.5 Å². The number of rotatable bonds is 6. The molecule has 5 heteroatoms. The third-order valence-corrected chi connectivity index (χ3v) is 2.28. The monoisotopic (exact) mass is 224 g/mol. The maximum absolute atomic E-state index is 10.3. The lowest BCUT2D eigenvalue weighted by Crippen LogP contribution is -2.30. The van der Waals surface area contributed by atoms with E-state index in [0.717, 1.165) is 5.56 Å². The standard InChI is InChI=1S/C11H16N2O3/c1-8(9-2-4-12-5-3-9)13-7-10(14)6-11(15)16/h2-5,8,10,13-14H,6-7H2,1H3,(H,15,16). The number of aromatic nitrogens is 1. The van der Waals surface area contributed by atoms with Gasteiger partial charge in [0.05, 0.1) is 12.5 Å². The average molecular weight is 224 g/mol. The molecule has 0 spiro atoms. The van der Waals surface area contributed by atoms with E-state index in [9.17, 15) is 9.90 Å². The predicted octanol–water partition coefficient (Wildman–Crippen LogP) is 0.568. The van der Waals surface area contributed by atoms with Crippen molar-refractivity contribution in [1.29, 1.82) is 0 Å². The van der Waals surface area contributed by atoms with Crippen LogP contribution in [0.15, 0.2) is 24.5 Å². The molecule has 5 nitrogen and oxygen atoms in total. The number of pyridine rings is 1. The molecule has 0 amide bonds. The molecule has 88 valence electrons. The molecule has 0 radical (unpaired) electrons. The fourth-order valence-corrected chi connectivity index (χ4v) is 1.36. The fourth-order valence-electron chi connectivity index (χ4n) is 1.36. The van der Waals surface area contributed by atoms with Crippen molar-refractivity contribution >= 4 is 5.97 Å². The summed E-state index contributed by atoms with van der Waals surface area (Å²) >= 11 is 0. The van der Waals surface area contributed by atoms with Crippen LogP contribution in [0.3, 0.4) is 0 Å². The van der Waals surface area contributed by atoms with Gasteiger partial charge in [-0.2, -0.15) is 0 Å². The Hall–Kier alpha value is -1.46. The molecule has 0 aromatic carbocycles. The zero-order chi connectivity index (χ0) is 12.0. The van der Waals surface area contributed by atoms with Crippen molar-refractivity contribution in [2.24, 2.45) is 0 Å². The molecule has 0 bridgehead atoms. The van der Waals surface area contributed by atoms with Crippen LogP contribution < -0.4 is 5.32 Å². The summed E-state index contributed by atoms with van der Waals surface area (Å²) in [6.45, 7) is 2.21. The van der Waals surface area contributed by atoms with Crippen LogP contribution in [0.2, 0.25) is 0 Å². The summed E-state index contributed by atoms with van der Waals surface area (Å²) in [5.74, 6) is -0.995. The van der Waals surface area contributed by atoms with Crippen LogP contribution >= 0.6 is 0 Å². The van der Waals surface area contributed by atoms with Crippen LogP contribution in [-0.2, 0) is 4.79 Å². The quantitative estimate of drug-likeness (QED) is 0.658. The number of nitrogens with zero attached hydrogens (tertiary/aromatic N) is 1. The smallest absolute Gasteiger partial charge is 0.306 e. The molecule has 1 aromatic rings. The molecular weight excluding hydrogens is 208 g/mol. The van der Waals surface area contributed by atoms with Crippen molar-refractivity contribution in [3.63, 3.8) is 0 Å². The molecular formula is C11H16N2O3. The predicted molar refractivity (Wildman–Crippen MR) is 58.9 cm³/mol. The fraction of sp³-hybridized carbons (Fsp3) is 0.455. The van der Waals surface area contributed by atoms with Crippen molar-refractivity contribution in [2.45, 2.75) is 25.5 Å². The highest BCUT2D eigenvalue weighted by Crippen LogP contribution is 2.09. The van der Waals surface area contributed by atoms with Crippen LogP contribution in [-0.4, -0.2) is 33.8 Å². The van der Waals surface area contributed by atoms with Gasteiger partial charge in [0.1, 0.15) is 0 Å². The van der Waals surface area contributed by atoms with Crippen LogP contribution in [0.5, 0.6) is 0 Å². The summed E-state index contributed by atoms with van der Waals surface area (Å²) in [6.07, 6.45) is 2.29. The van der Waals surface area contributed by atoms with Gasteiger partial charge in [0.2, 0.25) is 0 Å². The number of carboxylic acid groups (broad SMARTS) is 1. The largest absolute Gasteiger partial charge is 0.481 e. The van der Waals surface area contributed by atoms with Crippen LogP contribution in [0.25, 0.3) is 0 Å². The first-order valence-corrected chi connectivity index (χ1v) is 5.12. The van der Waals surface area contributed by atoms with Crippen LogP contribution in [0.1, 0.15) is 24.9 Å². The molecule has 0 saturated carbocycles. The average Bonchev–Trinajstić information content (AvgIpc) is 2.26. The summed E-state index contributed by atoms with van der Waals surface area (Å²) in [5, 5.41) is 20.9. The Morgan fingerprint density at radius 3 is 2.69 bits per heavy atom. The Morgan fingerprint density at radius 1 is 1.50 bits per heavy atom. The molecule has 1 rings (SSSR count). The number of hydrogen-bond donors (Lipinski definition) is 3. The highest BCUT2D eigenvalue weighted by atomic mass is 16.4. The van der Waals surface area contributed by atoms with Gasteiger partial charge in [-0.15, -0.1) is 0 Å². The number of aliphatic carboxylic acids is 1. The molecule has 1 heterocycles. The van der Waals surface area contributed by atoms with E-state index in [0.29, 0.717) is 0 Å². The summed E-state index contributed by atoms with van der Waals surface area (Å²) in [6, 6.07) is 3.81.